The fourth-order valence-electron chi connectivity index (χ4n) is 1.19. The normalized spacial score (nSPS) is 36.3. The highest BCUT2D eigenvalue weighted by Gasteiger charge is 2.18. The number of likely N-dealkylation sites (N-methyl/N-ethyl adjacent to an activating group) is 1. The summed E-state index contributed by atoms with van der Waals surface area (Å²) in [6, 6.07) is 0. The minimum absolute atomic E-state index is 0.236. The van der Waals surface area contributed by atoms with Gasteiger partial charge in [-0.2, -0.15) is 0 Å². The molecule has 2 atom stereocenters. The van der Waals surface area contributed by atoms with Gasteiger partial charge in [-0.05, 0) is 7.05 Å². The Balaban J connectivity index is 2.38. The number of nitrogens with zero attached hydrogens (tertiary/aromatic N) is 1. The summed E-state index contributed by atoms with van der Waals surface area (Å²) in [5.74, 6) is 0.262. The second-order valence-electron chi connectivity index (χ2n) is 3.38. The smallest absolute Gasteiger partial charge is 0.0714 e. The van der Waals surface area contributed by atoms with Crippen LogP contribution in [0.4, 0.5) is 0 Å². The van der Waals surface area contributed by atoms with E-state index >= 15 is 0 Å². The molecule has 0 aromatic rings. The maximum atomic E-state index is 9.53. The Morgan fingerprint density at radius 3 is 3.00 bits per heavy atom. The fraction of sp³-hybridized carbons (Fsp3) is 1.00. The molecular formula is C8H17NO2. The number of hydrogen-bond donors (Lipinski definition) is 1. The van der Waals surface area contributed by atoms with Gasteiger partial charge in [0, 0.05) is 19.0 Å². The van der Waals surface area contributed by atoms with Gasteiger partial charge in [0.1, 0.15) is 0 Å². The molecule has 0 bridgehead atoms. The number of aliphatic hydroxyl groups is 1. The van der Waals surface area contributed by atoms with Crippen LogP contribution in [0.2, 0.25) is 0 Å². The summed E-state index contributed by atoms with van der Waals surface area (Å²) in [5, 5.41) is 9.53. The SMILES string of the molecule is C[C@H]1COCCN(C)C[C@@H]1O. The van der Waals surface area contributed by atoms with Crippen LogP contribution in [-0.4, -0.2) is 49.5 Å². The molecule has 1 N–H and O–H groups in total. The minimum atomic E-state index is -0.236. The Kier molecular flexibility index (Phi) is 3.30. The van der Waals surface area contributed by atoms with Crippen molar-refractivity contribution in [1.29, 1.82) is 0 Å². The van der Waals surface area contributed by atoms with E-state index in [0.29, 0.717) is 6.61 Å². The molecule has 0 aliphatic carbocycles. The van der Waals surface area contributed by atoms with Crippen LogP contribution in [0, 0.1) is 5.92 Å². The first kappa shape index (κ1) is 8.97. The zero-order chi connectivity index (χ0) is 8.27. The van der Waals surface area contributed by atoms with E-state index in [1.807, 2.05) is 14.0 Å². The van der Waals surface area contributed by atoms with Crippen LogP contribution in [0.15, 0.2) is 0 Å². The number of rotatable bonds is 0. The molecule has 11 heavy (non-hydrogen) atoms. The van der Waals surface area contributed by atoms with Crippen LogP contribution in [0.3, 0.4) is 0 Å². The fourth-order valence-corrected chi connectivity index (χ4v) is 1.19. The van der Waals surface area contributed by atoms with Gasteiger partial charge in [-0.1, -0.05) is 6.92 Å². The lowest BCUT2D eigenvalue weighted by atomic mass is 10.1. The van der Waals surface area contributed by atoms with E-state index in [0.717, 1.165) is 19.7 Å². The Hall–Kier alpha value is -0.120. The van der Waals surface area contributed by atoms with Crippen LogP contribution >= 0.6 is 0 Å². The van der Waals surface area contributed by atoms with Crippen LogP contribution in [0.25, 0.3) is 0 Å². The third kappa shape index (κ3) is 2.77. The lowest BCUT2D eigenvalue weighted by molar-refractivity contribution is -0.0104. The molecule has 66 valence electrons. The summed E-state index contributed by atoms with van der Waals surface area (Å²) in [5.41, 5.74) is 0. The summed E-state index contributed by atoms with van der Waals surface area (Å²) >= 11 is 0. The quantitative estimate of drug-likeness (QED) is 0.537. The van der Waals surface area contributed by atoms with Gasteiger partial charge in [-0.3, -0.25) is 0 Å². The first-order chi connectivity index (χ1) is 5.20. The average Bonchev–Trinajstić information content (AvgIpc) is 1.95. The Morgan fingerprint density at radius 2 is 2.27 bits per heavy atom. The van der Waals surface area contributed by atoms with Gasteiger partial charge < -0.3 is 14.7 Å². The molecule has 1 heterocycles. The van der Waals surface area contributed by atoms with Crippen molar-refractivity contribution >= 4 is 0 Å². The standard InChI is InChI=1S/C8H17NO2/c1-7-6-11-4-3-9(2)5-8(7)10/h7-8,10H,3-6H2,1-2H3/t7-,8-/m0/s1. The molecule has 1 fully saturated rings. The van der Waals surface area contributed by atoms with E-state index in [1.54, 1.807) is 0 Å². The summed E-state index contributed by atoms with van der Waals surface area (Å²) in [7, 11) is 2.00. The van der Waals surface area contributed by atoms with E-state index in [9.17, 15) is 5.11 Å². The number of β-amino-alcohol motifs (C(OH)–C–C–N with tert-alkyl or cyclic N) is 1. The highest BCUT2D eigenvalue weighted by atomic mass is 16.5. The van der Waals surface area contributed by atoms with Crippen molar-refractivity contribution in [3.05, 3.63) is 0 Å². The van der Waals surface area contributed by atoms with Crippen molar-refractivity contribution in [2.24, 2.45) is 5.92 Å². The number of hydrogen-bond acceptors (Lipinski definition) is 3. The number of aliphatic hydroxyl groups excluding tert-OH is 1. The number of ether oxygens (including phenoxy) is 1. The van der Waals surface area contributed by atoms with E-state index < -0.39 is 0 Å². The first-order valence-electron chi connectivity index (χ1n) is 4.14. The summed E-state index contributed by atoms with van der Waals surface area (Å²) in [6.45, 7) is 5.18. The zero-order valence-corrected chi connectivity index (χ0v) is 7.29. The van der Waals surface area contributed by atoms with Crippen LogP contribution in [0.1, 0.15) is 6.92 Å². The van der Waals surface area contributed by atoms with Crippen molar-refractivity contribution in [2.45, 2.75) is 13.0 Å². The van der Waals surface area contributed by atoms with E-state index in [4.69, 9.17) is 4.74 Å². The van der Waals surface area contributed by atoms with E-state index in [1.165, 1.54) is 0 Å². The van der Waals surface area contributed by atoms with E-state index in [2.05, 4.69) is 4.90 Å². The van der Waals surface area contributed by atoms with Crippen LogP contribution in [0.5, 0.6) is 0 Å². The molecule has 0 aromatic heterocycles. The van der Waals surface area contributed by atoms with Crippen molar-refractivity contribution in [2.75, 3.05) is 33.4 Å². The highest BCUT2D eigenvalue weighted by molar-refractivity contribution is 4.69. The van der Waals surface area contributed by atoms with Gasteiger partial charge >= 0.3 is 0 Å². The molecule has 0 aromatic carbocycles. The van der Waals surface area contributed by atoms with Gasteiger partial charge in [0.05, 0.1) is 19.3 Å². The van der Waals surface area contributed by atoms with Crippen LogP contribution < -0.4 is 0 Å². The second-order valence-corrected chi connectivity index (χ2v) is 3.38. The molecule has 1 rings (SSSR count). The van der Waals surface area contributed by atoms with Crippen molar-refractivity contribution < 1.29 is 9.84 Å². The van der Waals surface area contributed by atoms with Gasteiger partial charge in [-0.15, -0.1) is 0 Å². The Bertz CT molecular complexity index is 119. The lowest BCUT2D eigenvalue weighted by Gasteiger charge is -2.27. The molecule has 0 saturated carbocycles. The zero-order valence-electron chi connectivity index (χ0n) is 7.29. The molecule has 1 aliphatic heterocycles. The largest absolute Gasteiger partial charge is 0.391 e. The molecule has 1 saturated heterocycles. The van der Waals surface area contributed by atoms with Crippen LogP contribution in [-0.2, 0) is 4.74 Å². The van der Waals surface area contributed by atoms with Crippen molar-refractivity contribution in [3.8, 4) is 0 Å². The van der Waals surface area contributed by atoms with Gasteiger partial charge in [0.15, 0.2) is 0 Å². The predicted molar refractivity (Wildman–Crippen MR) is 43.5 cm³/mol. The van der Waals surface area contributed by atoms with Crippen molar-refractivity contribution in [3.63, 3.8) is 0 Å². The average molecular weight is 159 g/mol. The second kappa shape index (κ2) is 4.04. The topological polar surface area (TPSA) is 32.7 Å². The summed E-state index contributed by atoms with van der Waals surface area (Å²) < 4.78 is 5.33. The molecule has 0 amide bonds. The van der Waals surface area contributed by atoms with Crippen molar-refractivity contribution in [1.82, 2.24) is 4.90 Å². The maximum Gasteiger partial charge on any atom is 0.0714 e. The van der Waals surface area contributed by atoms with E-state index in [-0.39, 0.29) is 12.0 Å². The molecule has 0 spiro atoms. The predicted octanol–water partition coefficient (Wildman–Crippen LogP) is -0.0546. The third-order valence-electron chi connectivity index (χ3n) is 2.15. The van der Waals surface area contributed by atoms with Gasteiger partial charge in [0.25, 0.3) is 0 Å². The lowest BCUT2D eigenvalue weighted by Crippen LogP contribution is -2.39. The van der Waals surface area contributed by atoms with Gasteiger partial charge in [0.2, 0.25) is 0 Å². The Morgan fingerprint density at radius 1 is 1.55 bits per heavy atom. The molecule has 1 aliphatic rings. The Labute approximate surface area is 68.0 Å². The summed E-state index contributed by atoms with van der Waals surface area (Å²) in [6.07, 6.45) is -0.236. The van der Waals surface area contributed by atoms with Gasteiger partial charge in [-0.25, -0.2) is 0 Å². The molecule has 3 heteroatoms. The molecule has 0 unspecified atom stereocenters. The maximum absolute atomic E-state index is 9.53. The molecular weight excluding hydrogens is 142 g/mol. The molecule has 3 nitrogen and oxygen atoms in total. The monoisotopic (exact) mass is 159 g/mol. The minimum Gasteiger partial charge on any atom is -0.391 e. The highest BCUT2D eigenvalue weighted by Crippen LogP contribution is 2.07. The summed E-state index contributed by atoms with van der Waals surface area (Å²) in [4.78, 5) is 2.10. The first-order valence-corrected chi connectivity index (χ1v) is 4.14. The molecule has 0 radical (unpaired) electrons. The third-order valence-corrected chi connectivity index (χ3v) is 2.15.